The van der Waals surface area contributed by atoms with Crippen molar-refractivity contribution in [2.45, 2.75) is 26.4 Å². The zero-order chi connectivity index (χ0) is 15.2. The van der Waals surface area contributed by atoms with Gasteiger partial charge >= 0.3 is 5.97 Å². The zero-order valence-corrected chi connectivity index (χ0v) is 11.7. The molecule has 1 aromatic rings. The van der Waals surface area contributed by atoms with E-state index in [-0.39, 0.29) is 6.61 Å². The molecule has 6 nitrogen and oxygen atoms in total. The average Bonchev–Trinajstić information content (AvgIpc) is 2.36. The summed E-state index contributed by atoms with van der Waals surface area (Å²) in [7, 11) is 0. The van der Waals surface area contributed by atoms with E-state index in [1.807, 2.05) is 0 Å². The summed E-state index contributed by atoms with van der Waals surface area (Å²) in [5.41, 5.74) is -0.514. The Morgan fingerprint density at radius 1 is 1.45 bits per heavy atom. The van der Waals surface area contributed by atoms with Gasteiger partial charge in [-0.15, -0.1) is 0 Å². The Kier molecular flexibility index (Phi) is 5.25. The van der Waals surface area contributed by atoms with E-state index < -0.39 is 16.5 Å². The molecule has 108 valence electrons. The molecule has 0 saturated heterocycles. The van der Waals surface area contributed by atoms with E-state index in [2.05, 4.69) is 0 Å². The average molecular weight is 279 g/mol. The summed E-state index contributed by atoms with van der Waals surface area (Å²) < 4.78 is 10.5. The number of carbonyl (C=O) groups is 1. The predicted octanol–water partition coefficient (Wildman–Crippen LogP) is 2.65. The van der Waals surface area contributed by atoms with E-state index >= 15 is 0 Å². The van der Waals surface area contributed by atoms with Crippen molar-refractivity contribution in [3.05, 3.63) is 46.1 Å². The number of ether oxygens (including phenoxy) is 2. The van der Waals surface area contributed by atoms with Crippen molar-refractivity contribution in [1.29, 1.82) is 0 Å². The van der Waals surface area contributed by atoms with Crippen LogP contribution in [-0.2, 0) is 9.53 Å². The highest BCUT2D eigenvalue weighted by Crippen LogP contribution is 2.21. The Bertz CT molecular complexity index is 522. The molecule has 0 unspecified atom stereocenters. The van der Waals surface area contributed by atoms with E-state index in [4.69, 9.17) is 9.47 Å². The third-order valence-electron chi connectivity index (χ3n) is 2.39. The third kappa shape index (κ3) is 4.72. The van der Waals surface area contributed by atoms with Crippen LogP contribution in [0.15, 0.2) is 30.5 Å². The van der Waals surface area contributed by atoms with Crippen molar-refractivity contribution < 1.29 is 19.2 Å². The SMILES string of the molecule is CCOC(=O)C(C)(C)Oc1cccc(/C=C/[N+](=O)[O-])c1. The van der Waals surface area contributed by atoms with Gasteiger partial charge in [0.05, 0.1) is 11.5 Å². The van der Waals surface area contributed by atoms with Crippen LogP contribution in [0.1, 0.15) is 26.3 Å². The molecule has 0 radical (unpaired) electrons. The molecule has 6 heteroatoms. The molecule has 0 aromatic heterocycles. The molecule has 1 rings (SSSR count). The fraction of sp³-hybridized carbons (Fsp3) is 0.357. The number of hydrogen-bond acceptors (Lipinski definition) is 5. The molecule has 0 spiro atoms. The Labute approximate surface area is 117 Å². The first-order valence-corrected chi connectivity index (χ1v) is 6.13. The van der Waals surface area contributed by atoms with Gasteiger partial charge in [0.15, 0.2) is 5.60 Å². The molecule has 0 amide bonds. The predicted molar refractivity (Wildman–Crippen MR) is 73.8 cm³/mol. The quantitative estimate of drug-likeness (QED) is 0.454. The number of benzene rings is 1. The number of rotatable bonds is 6. The van der Waals surface area contributed by atoms with Gasteiger partial charge < -0.3 is 9.47 Å². The van der Waals surface area contributed by atoms with E-state index in [1.165, 1.54) is 6.08 Å². The second kappa shape index (κ2) is 6.70. The highest BCUT2D eigenvalue weighted by molar-refractivity contribution is 5.79. The van der Waals surface area contributed by atoms with Crippen molar-refractivity contribution >= 4 is 12.0 Å². The topological polar surface area (TPSA) is 78.7 Å². The largest absolute Gasteiger partial charge is 0.476 e. The van der Waals surface area contributed by atoms with Crippen LogP contribution in [-0.4, -0.2) is 23.1 Å². The van der Waals surface area contributed by atoms with Crippen LogP contribution in [0.25, 0.3) is 6.08 Å². The number of esters is 1. The van der Waals surface area contributed by atoms with Crippen LogP contribution in [0.5, 0.6) is 5.75 Å². The van der Waals surface area contributed by atoms with Crippen molar-refractivity contribution in [3.63, 3.8) is 0 Å². The molecular weight excluding hydrogens is 262 g/mol. The minimum Gasteiger partial charge on any atom is -0.476 e. The van der Waals surface area contributed by atoms with E-state index in [9.17, 15) is 14.9 Å². The maximum atomic E-state index is 11.7. The Morgan fingerprint density at radius 3 is 2.75 bits per heavy atom. The summed E-state index contributed by atoms with van der Waals surface area (Å²) in [5.74, 6) is -0.0280. The molecule has 0 aliphatic heterocycles. The van der Waals surface area contributed by atoms with Crippen LogP contribution in [0, 0.1) is 10.1 Å². The maximum Gasteiger partial charge on any atom is 0.349 e. The molecule has 0 heterocycles. The van der Waals surface area contributed by atoms with Gasteiger partial charge in [0, 0.05) is 6.08 Å². The molecule has 0 aliphatic carbocycles. The second-order valence-corrected chi connectivity index (χ2v) is 4.51. The van der Waals surface area contributed by atoms with Gasteiger partial charge in [-0.2, -0.15) is 0 Å². The van der Waals surface area contributed by atoms with E-state index in [1.54, 1.807) is 45.0 Å². The Balaban J connectivity index is 2.85. The molecule has 0 atom stereocenters. The van der Waals surface area contributed by atoms with Crippen molar-refractivity contribution in [3.8, 4) is 5.75 Å². The summed E-state index contributed by atoms with van der Waals surface area (Å²) in [6, 6.07) is 6.67. The zero-order valence-electron chi connectivity index (χ0n) is 11.7. The summed E-state index contributed by atoms with van der Waals surface area (Å²) in [5, 5.41) is 10.3. The molecule has 0 saturated carbocycles. The number of nitro groups is 1. The van der Waals surface area contributed by atoms with Crippen LogP contribution in [0.3, 0.4) is 0 Å². The van der Waals surface area contributed by atoms with Gasteiger partial charge in [-0.3, -0.25) is 10.1 Å². The van der Waals surface area contributed by atoms with E-state index in [0.717, 1.165) is 6.20 Å². The maximum absolute atomic E-state index is 11.7. The highest BCUT2D eigenvalue weighted by atomic mass is 16.6. The fourth-order valence-corrected chi connectivity index (χ4v) is 1.47. The second-order valence-electron chi connectivity index (χ2n) is 4.51. The first-order chi connectivity index (χ1) is 9.35. The van der Waals surface area contributed by atoms with Gasteiger partial charge in [0.2, 0.25) is 6.20 Å². The highest BCUT2D eigenvalue weighted by Gasteiger charge is 2.31. The summed E-state index contributed by atoms with van der Waals surface area (Å²) in [4.78, 5) is 21.4. The monoisotopic (exact) mass is 279 g/mol. The van der Waals surface area contributed by atoms with Crippen LogP contribution in [0.4, 0.5) is 0 Å². The minimum absolute atomic E-state index is 0.275. The molecule has 1 aromatic carbocycles. The smallest absolute Gasteiger partial charge is 0.349 e. The summed E-state index contributed by atoms with van der Waals surface area (Å²) >= 11 is 0. The normalized spacial score (nSPS) is 11.3. The van der Waals surface area contributed by atoms with Crippen LogP contribution < -0.4 is 4.74 Å². The molecular formula is C14H17NO5. The van der Waals surface area contributed by atoms with Gasteiger partial charge in [-0.1, -0.05) is 12.1 Å². The lowest BCUT2D eigenvalue weighted by molar-refractivity contribution is -0.400. The van der Waals surface area contributed by atoms with Gasteiger partial charge in [0.25, 0.3) is 0 Å². The molecule has 0 bridgehead atoms. The lowest BCUT2D eigenvalue weighted by Gasteiger charge is -2.24. The van der Waals surface area contributed by atoms with Crippen LogP contribution >= 0.6 is 0 Å². The third-order valence-corrected chi connectivity index (χ3v) is 2.39. The van der Waals surface area contributed by atoms with Crippen LogP contribution in [0.2, 0.25) is 0 Å². The minimum atomic E-state index is -1.12. The molecule has 0 aliphatic rings. The standard InChI is InChI=1S/C14H17NO5/c1-4-19-13(16)14(2,3)20-12-7-5-6-11(10-12)8-9-15(17)18/h5-10H,4H2,1-3H3/b9-8+. The number of carbonyl (C=O) groups excluding carboxylic acids is 1. The lowest BCUT2D eigenvalue weighted by atomic mass is 10.1. The Hall–Kier alpha value is -2.37. The summed E-state index contributed by atoms with van der Waals surface area (Å²) in [6.45, 7) is 5.20. The Morgan fingerprint density at radius 2 is 2.15 bits per heavy atom. The van der Waals surface area contributed by atoms with Gasteiger partial charge in [-0.25, -0.2) is 4.79 Å². The fourth-order valence-electron chi connectivity index (χ4n) is 1.47. The number of hydrogen-bond donors (Lipinski definition) is 0. The first kappa shape index (κ1) is 15.7. The number of nitrogens with zero attached hydrogens (tertiary/aromatic N) is 1. The molecule has 0 fully saturated rings. The van der Waals surface area contributed by atoms with E-state index in [0.29, 0.717) is 11.3 Å². The van der Waals surface area contributed by atoms with Gasteiger partial charge in [0.1, 0.15) is 5.75 Å². The lowest BCUT2D eigenvalue weighted by Crippen LogP contribution is -2.39. The first-order valence-electron chi connectivity index (χ1n) is 6.13. The molecule has 20 heavy (non-hydrogen) atoms. The van der Waals surface area contributed by atoms with Crippen molar-refractivity contribution in [1.82, 2.24) is 0 Å². The van der Waals surface area contributed by atoms with Crippen molar-refractivity contribution in [2.24, 2.45) is 0 Å². The van der Waals surface area contributed by atoms with Crippen molar-refractivity contribution in [2.75, 3.05) is 6.61 Å². The molecule has 0 N–H and O–H groups in total. The summed E-state index contributed by atoms with van der Waals surface area (Å²) in [6.07, 6.45) is 2.19. The van der Waals surface area contributed by atoms with Gasteiger partial charge in [-0.05, 0) is 38.5 Å².